The topological polar surface area (TPSA) is 102 Å². The Bertz CT molecular complexity index is 1640. The maximum Gasteiger partial charge on any atom is 0.246 e. The third-order valence-corrected chi connectivity index (χ3v) is 7.08. The number of hydrogen-bond acceptors (Lipinski definition) is 7. The van der Waals surface area contributed by atoms with Crippen molar-refractivity contribution < 1.29 is 9.18 Å². The highest BCUT2D eigenvalue weighted by Gasteiger charge is 2.26. The number of allylic oxidation sites excluding steroid dienone is 1. The molecule has 200 valence electrons. The molecule has 0 spiro atoms. The zero-order valence-corrected chi connectivity index (χ0v) is 22.4. The van der Waals surface area contributed by atoms with Crippen LogP contribution in [0.1, 0.15) is 5.56 Å². The fourth-order valence-electron chi connectivity index (χ4n) is 4.86. The van der Waals surface area contributed by atoms with Crippen LogP contribution in [0.15, 0.2) is 61.6 Å². The predicted molar refractivity (Wildman–Crippen MR) is 154 cm³/mol. The standard InChI is InChI=1S/C28H28ClFN8O/c1-5-17(14-31-4)33-28-34-26-18(27(35-28)38-11-9-37(10-12-38)22(39)6-2)13-20(29)24(25(26)30)23-16(3)7-8-21-19(23)15-32-36-21/h5-8,13-15,31H,1-2,9-12H2,3-4H3,(H,32,36)(H,33,34,35)/b17-14+. The number of amides is 1. The van der Waals surface area contributed by atoms with Crippen LogP contribution in [0.2, 0.25) is 5.02 Å². The van der Waals surface area contributed by atoms with Gasteiger partial charge in [-0.1, -0.05) is 30.8 Å². The lowest BCUT2D eigenvalue weighted by Crippen LogP contribution is -2.48. The van der Waals surface area contributed by atoms with E-state index in [0.29, 0.717) is 48.6 Å². The highest BCUT2D eigenvalue weighted by molar-refractivity contribution is 6.35. The fourth-order valence-corrected chi connectivity index (χ4v) is 5.15. The summed E-state index contributed by atoms with van der Waals surface area (Å²) in [4.78, 5) is 25.2. The van der Waals surface area contributed by atoms with Gasteiger partial charge < -0.3 is 20.4 Å². The molecule has 5 rings (SSSR count). The first kappa shape index (κ1) is 26.2. The summed E-state index contributed by atoms with van der Waals surface area (Å²) < 4.78 is 16.6. The number of aromatic nitrogens is 4. The number of rotatable bonds is 7. The van der Waals surface area contributed by atoms with Crippen molar-refractivity contribution in [2.75, 3.05) is 43.4 Å². The number of nitrogens with zero attached hydrogens (tertiary/aromatic N) is 5. The molecule has 1 saturated heterocycles. The molecule has 1 amide bonds. The molecule has 1 aliphatic heterocycles. The summed E-state index contributed by atoms with van der Waals surface area (Å²) in [6, 6.07) is 5.51. The van der Waals surface area contributed by atoms with E-state index >= 15 is 4.39 Å². The first-order valence-corrected chi connectivity index (χ1v) is 12.8. The molecule has 0 radical (unpaired) electrons. The van der Waals surface area contributed by atoms with Gasteiger partial charge in [-0.05, 0) is 36.8 Å². The Hall–Kier alpha value is -4.44. The summed E-state index contributed by atoms with van der Waals surface area (Å²) in [6.45, 7) is 11.3. The highest BCUT2D eigenvalue weighted by Crippen LogP contribution is 2.42. The number of aryl methyl sites for hydroxylation is 1. The van der Waals surface area contributed by atoms with Crippen molar-refractivity contribution in [1.82, 2.24) is 30.4 Å². The molecule has 0 aliphatic carbocycles. The fraction of sp³-hybridized carbons (Fsp3) is 0.214. The molecular weight excluding hydrogens is 519 g/mol. The molecule has 0 saturated carbocycles. The van der Waals surface area contributed by atoms with Gasteiger partial charge in [0.05, 0.1) is 22.4 Å². The average Bonchev–Trinajstić information content (AvgIpc) is 3.42. The number of aromatic amines is 1. The first-order valence-electron chi connectivity index (χ1n) is 12.4. The Morgan fingerprint density at radius 3 is 2.59 bits per heavy atom. The summed E-state index contributed by atoms with van der Waals surface area (Å²) in [6.07, 6.45) is 6.28. The molecule has 1 fully saturated rings. The van der Waals surface area contributed by atoms with Crippen LogP contribution >= 0.6 is 11.6 Å². The van der Waals surface area contributed by atoms with Crippen molar-refractivity contribution in [3.05, 3.63) is 78.0 Å². The predicted octanol–water partition coefficient (Wildman–Crippen LogP) is 4.77. The normalized spacial score (nSPS) is 14.1. The summed E-state index contributed by atoms with van der Waals surface area (Å²) in [7, 11) is 1.76. The quantitative estimate of drug-likeness (QED) is 0.227. The van der Waals surface area contributed by atoms with Crippen LogP contribution < -0.4 is 15.5 Å². The van der Waals surface area contributed by atoms with Crippen molar-refractivity contribution in [2.45, 2.75) is 6.92 Å². The van der Waals surface area contributed by atoms with Crippen LogP contribution in [0.4, 0.5) is 16.2 Å². The molecule has 2 aromatic carbocycles. The van der Waals surface area contributed by atoms with E-state index in [9.17, 15) is 4.79 Å². The van der Waals surface area contributed by atoms with Crippen molar-refractivity contribution in [3.8, 4) is 11.1 Å². The van der Waals surface area contributed by atoms with Gasteiger partial charge in [0.2, 0.25) is 11.9 Å². The molecular formula is C28H28ClFN8O. The molecule has 3 N–H and O–H groups in total. The third kappa shape index (κ3) is 4.79. The number of H-pyrrole nitrogens is 1. The second-order valence-corrected chi connectivity index (χ2v) is 9.54. The summed E-state index contributed by atoms with van der Waals surface area (Å²) in [5.74, 6) is 0.0414. The van der Waals surface area contributed by atoms with E-state index in [4.69, 9.17) is 16.6 Å². The second-order valence-electron chi connectivity index (χ2n) is 9.14. The number of benzene rings is 2. The lowest BCUT2D eigenvalue weighted by Gasteiger charge is -2.35. The number of piperazine rings is 1. The van der Waals surface area contributed by atoms with E-state index in [1.807, 2.05) is 24.0 Å². The molecule has 0 bridgehead atoms. The van der Waals surface area contributed by atoms with Crippen LogP contribution in [0, 0.1) is 12.7 Å². The smallest absolute Gasteiger partial charge is 0.246 e. The second kappa shape index (κ2) is 10.7. The van der Waals surface area contributed by atoms with Crippen LogP contribution in [0.25, 0.3) is 32.9 Å². The molecule has 0 unspecified atom stereocenters. The zero-order chi connectivity index (χ0) is 27.7. The van der Waals surface area contributed by atoms with E-state index in [0.717, 1.165) is 16.5 Å². The largest absolute Gasteiger partial charge is 0.392 e. The van der Waals surface area contributed by atoms with Crippen molar-refractivity contribution in [1.29, 1.82) is 0 Å². The SMILES string of the molecule is C=CC(=O)N1CCN(c2nc(N/C(C=C)=C/NC)nc3c(F)c(-c4c(C)ccc5[nH]ncc45)c(Cl)cc23)CC1. The number of carbonyl (C=O) groups is 1. The Labute approximate surface area is 230 Å². The van der Waals surface area contributed by atoms with Crippen LogP contribution in [-0.2, 0) is 4.79 Å². The van der Waals surface area contributed by atoms with Crippen molar-refractivity contribution in [2.24, 2.45) is 0 Å². The lowest BCUT2D eigenvalue weighted by atomic mass is 9.95. The molecule has 3 heterocycles. The van der Waals surface area contributed by atoms with E-state index in [1.54, 1.807) is 36.5 Å². The van der Waals surface area contributed by atoms with Gasteiger partial charge in [-0.25, -0.2) is 9.37 Å². The molecule has 4 aromatic rings. The van der Waals surface area contributed by atoms with Gasteiger partial charge in [0.15, 0.2) is 5.82 Å². The van der Waals surface area contributed by atoms with Gasteiger partial charge in [0.1, 0.15) is 11.3 Å². The van der Waals surface area contributed by atoms with Gasteiger partial charge >= 0.3 is 0 Å². The van der Waals surface area contributed by atoms with Gasteiger partial charge in [-0.15, -0.1) is 0 Å². The molecule has 9 nitrogen and oxygen atoms in total. The number of halogens is 2. The van der Waals surface area contributed by atoms with Gasteiger partial charge in [-0.3, -0.25) is 9.89 Å². The van der Waals surface area contributed by atoms with Gasteiger partial charge in [-0.2, -0.15) is 10.1 Å². The van der Waals surface area contributed by atoms with Crippen LogP contribution in [0.5, 0.6) is 0 Å². The van der Waals surface area contributed by atoms with E-state index in [-0.39, 0.29) is 28.0 Å². The number of nitrogens with one attached hydrogen (secondary N) is 3. The summed E-state index contributed by atoms with van der Waals surface area (Å²) in [5.41, 5.74) is 3.26. The monoisotopic (exact) mass is 546 g/mol. The van der Waals surface area contributed by atoms with Crippen molar-refractivity contribution in [3.63, 3.8) is 0 Å². The zero-order valence-electron chi connectivity index (χ0n) is 21.7. The van der Waals surface area contributed by atoms with E-state index in [1.165, 1.54) is 6.08 Å². The lowest BCUT2D eigenvalue weighted by molar-refractivity contribution is -0.126. The highest BCUT2D eigenvalue weighted by atomic mass is 35.5. The average molecular weight is 547 g/mol. The number of fused-ring (bicyclic) bond motifs is 2. The summed E-state index contributed by atoms with van der Waals surface area (Å²) in [5, 5.41) is 14.6. The van der Waals surface area contributed by atoms with E-state index in [2.05, 4.69) is 39.0 Å². The first-order chi connectivity index (χ1) is 18.9. The van der Waals surface area contributed by atoms with Gasteiger partial charge in [0.25, 0.3) is 0 Å². The number of carbonyl (C=O) groups excluding carboxylic acids is 1. The van der Waals surface area contributed by atoms with Crippen LogP contribution in [0.3, 0.4) is 0 Å². The Kier molecular flexibility index (Phi) is 7.21. The Morgan fingerprint density at radius 1 is 1.13 bits per heavy atom. The minimum Gasteiger partial charge on any atom is -0.392 e. The third-order valence-electron chi connectivity index (χ3n) is 6.79. The summed E-state index contributed by atoms with van der Waals surface area (Å²) >= 11 is 6.81. The van der Waals surface area contributed by atoms with E-state index < -0.39 is 5.82 Å². The van der Waals surface area contributed by atoms with Gasteiger partial charge in [0, 0.05) is 61.3 Å². The molecule has 1 aliphatic rings. The Balaban J connectivity index is 1.70. The maximum absolute atomic E-state index is 16.6. The molecule has 39 heavy (non-hydrogen) atoms. The molecule has 2 aromatic heterocycles. The number of hydrogen-bond donors (Lipinski definition) is 3. The molecule has 11 heteroatoms. The van der Waals surface area contributed by atoms with Crippen molar-refractivity contribution >= 4 is 51.1 Å². The minimum atomic E-state index is -0.556. The number of anilines is 2. The Morgan fingerprint density at radius 2 is 1.90 bits per heavy atom. The van der Waals surface area contributed by atoms with Crippen LogP contribution in [-0.4, -0.2) is 64.2 Å². The molecule has 0 atom stereocenters. The maximum atomic E-state index is 16.6. The minimum absolute atomic E-state index is 0.124.